The molecule has 160 valence electrons. The molecule has 0 aromatic heterocycles. The number of halogens is 1. The minimum atomic E-state index is -0.270. The van der Waals surface area contributed by atoms with E-state index in [2.05, 4.69) is 34.5 Å². The summed E-state index contributed by atoms with van der Waals surface area (Å²) in [5.74, 6) is 0.275. The molecule has 1 aliphatic rings. The highest BCUT2D eigenvalue weighted by molar-refractivity contribution is 5.94. The monoisotopic (exact) mass is 418 g/mol. The van der Waals surface area contributed by atoms with Gasteiger partial charge in [-0.25, -0.2) is 4.39 Å². The molecule has 0 bridgehead atoms. The van der Waals surface area contributed by atoms with Crippen LogP contribution in [0.5, 0.6) is 5.75 Å². The fraction of sp³-hybridized carbons (Fsp3) is 0.269. The minimum Gasteiger partial charge on any atom is -0.489 e. The molecule has 0 atom stereocenters. The molecule has 5 heteroatoms. The Bertz CT molecular complexity index is 984. The summed E-state index contributed by atoms with van der Waals surface area (Å²) in [6.07, 6.45) is 1.89. The minimum absolute atomic E-state index is 0.0752. The van der Waals surface area contributed by atoms with Crippen LogP contribution in [0.1, 0.15) is 34.3 Å². The number of nitrogens with zero attached hydrogens (tertiary/aromatic N) is 1. The van der Waals surface area contributed by atoms with Crippen LogP contribution < -0.4 is 10.1 Å². The molecule has 0 saturated carbocycles. The van der Waals surface area contributed by atoms with Crippen LogP contribution >= 0.6 is 0 Å². The number of hydrogen-bond donors (Lipinski definition) is 1. The van der Waals surface area contributed by atoms with E-state index in [1.165, 1.54) is 17.7 Å². The van der Waals surface area contributed by atoms with Crippen LogP contribution in [0.4, 0.5) is 4.39 Å². The molecule has 1 amide bonds. The summed E-state index contributed by atoms with van der Waals surface area (Å²) in [4.78, 5) is 15.2. The summed E-state index contributed by atoms with van der Waals surface area (Å²) in [7, 11) is 0. The third-order valence-electron chi connectivity index (χ3n) is 5.59. The number of nitrogens with one attached hydrogen (secondary N) is 1. The average Bonchev–Trinajstić information content (AvgIpc) is 2.81. The number of ether oxygens (including phenoxy) is 1. The second-order valence-corrected chi connectivity index (χ2v) is 7.95. The van der Waals surface area contributed by atoms with Gasteiger partial charge in [0, 0.05) is 31.2 Å². The predicted octanol–water partition coefficient (Wildman–Crippen LogP) is 4.80. The van der Waals surface area contributed by atoms with Crippen molar-refractivity contribution in [3.8, 4) is 5.75 Å². The standard InChI is InChI=1S/C26H27FN2O2/c27-23-11-9-21(10-12-23)19-31-25-8-4-7-22(17-25)26(30)28-24-13-15-29(16-14-24)18-20-5-2-1-3-6-20/h1-12,17,24H,13-16,18-19H2,(H,28,30). The Morgan fingerprint density at radius 2 is 1.68 bits per heavy atom. The lowest BCUT2D eigenvalue weighted by Crippen LogP contribution is -2.44. The first kappa shape index (κ1) is 21.1. The summed E-state index contributed by atoms with van der Waals surface area (Å²) in [5, 5.41) is 3.16. The number of rotatable bonds is 7. The predicted molar refractivity (Wildman–Crippen MR) is 119 cm³/mol. The number of amides is 1. The molecule has 1 fully saturated rings. The Morgan fingerprint density at radius 1 is 0.935 bits per heavy atom. The number of carbonyl (C=O) groups is 1. The van der Waals surface area contributed by atoms with Gasteiger partial charge in [0.2, 0.25) is 0 Å². The first-order valence-corrected chi connectivity index (χ1v) is 10.7. The van der Waals surface area contributed by atoms with E-state index in [1.54, 1.807) is 24.3 Å². The van der Waals surface area contributed by atoms with E-state index in [4.69, 9.17) is 4.74 Å². The van der Waals surface area contributed by atoms with Crippen LogP contribution in [-0.4, -0.2) is 29.9 Å². The molecule has 3 aromatic rings. The summed E-state index contributed by atoms with van der Waals surface area (Å²) < 4.78 is 18.8. The van der Waals surface area contributed by atoms with E-state index in [9.17, 15) is 9.18 Å². The van der Waals surface area contributed by atoms with Gasteiger partial charge in [-0.3, -0.25) is 9.69 Å². The molecule has 1 saturated heterocycles. The SMILES string of the molecule is O=C(NC1CCN(Cc2ccccc2)CC1)c1cccc(OCc2ccc(F)cc2)c1. The third kappa shape index (κ3) is 6.15. The van der Waals surface area contributed by atoms with Gasteiger partial charge in [0.1, 0.15) is 18.2 Å². The van der Waals surface area contributed by atoms with Crippen LogP contribution in [0.15, 0.2) is 78.9 Å². The van der Waals surface area contributed by atoms with E-state index in [-0.39, 0.29) is 17.8 Å². The third-order valence-corrected chi connectivity index (χ3v) is 5.59. The van der Waals surface area contributed by atoms with E-state index >= 15 is 0 Å². The second-order valence-electron chi connectivity index (χ2n) is 7.95. The van der Waals surface area contributed by atoms with E-state index in [1.807, 2.05) is 18.2 Å². The van der Waals surface area contributed by atoms with E-state index < -0.39 is 0 Å². The molecule has 0 aliphatic carbocycles. The van der Waals surface area contributed by atoms with Gasteiger partial charge in [-0.05, 0) is 54.3 Å². The van der Waals surface area contributed by atoms with Crippen molar-refractivity contribution >= 4 is 5.91 Å². The topological polar surface area (TPSA) is 41.6 Å². The maximum Gasteiger partial charge on any atom is 0.251 e. The Kier molecular flexibility index (Phi) is 6.95. The molecule has 1 N–H and O–H groups in total. The number of hydrogen-bond acceptors (Lipinski definition) is 3. The van der Waals surface area contributed by atoms with E-state index in [0.717, 1.165) is 38.0 Å². The normalized spacial score (nSPS) is 14.9. The highest BCUT2D eigenvalue weighted by Gasteiger charge is 2.21. The molecule has 1 aliphatic heterocycles. The molecular formula is C26H27FN2O2. The van der Waals surface area contributed by atoms with Crippen LogP contribution in [0.3, 0.4) is 0 Å². The van der Waals surface area contributed by atoms with Crippen molar-refractivity contribution in [1.29, 1.82) is 0 Å². The smallest absolute Gasteiger partial charge is 0.251 e. The quantitative estimate of drug-likeness (QED) is 0.599. The lowest BCUT2D eigenvalue weighted by Gasteiger charge is -2.32. The molecule has 4 rings (SSSR count). The first-order valence-electron chi connectivity index (χ1n) is 10.7. The highest BCUT2D eigenvalue weighted by Crippen LogP contribution is 2.18. The van der Waals surface area contributed by atoms with Crippen molar-refractivity contribution in [3.05, 3.63) is 101 Å². The number of piperidine rings is 1. The number of benzene rings is 3. The number of carbonyl (C=O) groups excluding carboxylic acids is 1. The molecule has 1 heterocycles. The zero-order chi connectivity index (χ0) is 21.5. The zero-order valence-corrected chi connectivity index (χ0v) is 17.5. The molecule has 0 spiro atoms. The van der Waals surface area contributed by atoms with Gasteiger partial charge in [0.05, 0.1) is 0 Å². The average molecular weight is 419 g/mol. The van der Waals surface area contributed by atoms with Crippen molar-refractivity contribution in [2.24, 2.45) is 0 Å². The highest BCUT2D eigenvalue weighted by atomic mass is 19.1. The van der Waals surface area contributed by atoms with Gasteiger partial charge in [0.25, 0.3) is 5.91 Å². The van der Waals surface area contributed by atoms with Gasteiger partial charge in [-0.2, -0.15) is 0 Å². The lowest BCUT2D eigenvalue weighted by molar-refractivity contribution is 0.0908. The van der Waals surface area contributed by atoms with Gasteiger partial charge >= 0.3 is 0 Å². The zero-order valence-electron chi connectivity index (χ0n) is 17.5. The molecule has 0 radical (unpaired) electrons. The van der Waals surface area contributed by atoms with Gasteiger partial charge in [-0.1, -0.05) is 48.5 Å². The second kappa shape index (κ2) is 10.2. The van der Waals surface area contributed by atoms with Crippen molar-refractivity contribution in [3.63, 3.8) is 0 Å². The van der Waals surface area contributed by atoms with Crippen molar-refractivity contribution < 1.29 is 13.9 Å². The Morgan fingerprint density at radius 3 is 2.42 bits per heavy atom. The van der Waals surface area contributed by atoms with Crippen LogP contribution in [-0.2, 0) is 13.2 Å². The largest absolute Gasteiger partial charge is 0.489 e. The summed E-state index contributed by atoms with van der Waals surface area (Å²) in [6.45, 7) is 3.22. The van der Waals surface area contributed by atoms with Crippen LogP contribution in [0.2, 0.25) is 0 Å². The maximum absolute atomic E-state index is 13.0. The number of likely N-dealkylation sites (tertiary alicyclic amines) is 1. The molecule has 3 aromatic carbocycles. The lowest BCUT2D eigenvalue weighted by atomic mass is 10.0. The Hall–Kier alpha value is -3.18. The summed E-state index contributed by atoms with van der Waals surface area (Å²) in [6, 6.07) is 24.1. The molecule has 31 heavy (non-hydrogen) atoms. The molecule has 0 unspecified atom stereocenters. The Balaban J connectivity index is 1.26. The van der Waals surface area contributed by atoms with Crippen molar-refractivity contribution in [2.45, 2.75) is 32.0 Å². The van der Waals surface area contributed by atoms with Crippen molar-refractivity contribution in [2.75, 3.05) is 13.1 Å². The van der Waals surface area contributed by atoms with Crippen LogP contribution in [0, 0.1) is 5.82 Å². The van der Waals surface area contributed by atoms with Gasteiger partial charge in [0.15, 0.2) is 0 Å². The van der Waals surface area contributed by atoms with Crippen LogP contribution in [0.25, 0.3) is 0 Å². The van der Waals surface area contributed by atoms with Gasteiger partial charge in [-0.15, -0.1) is 0 Å². The molecular weight excluding hydrogens is 391 g/mol. The first-order chi connectivity index (χ1) is 15.2. The van der Waals surface area contributed by atoms with Crippen molar-refractivity contribution in [1.82, 2.24) is 10.2 Å². The maximum atomic E-state index is 13.0. The fourth-order valence-corrected chi connectivity index (χ4v) is 3.82. The van der Waals surface area contributed by atoms with E-state index in [0.29, 0.717) is 17.9 Å². The summed E-state index contributed by atoms with van der Waals surface area (Å²) >= 11 is 0. The fourth-order valence-electron chi connectivity index (χ4n) is 3.82. The molecule has 4 nitrogen and oxygen atoms in total. The summed E-state index contributed by atoms with van der Waals surface area (Å²) in [5.41, 5.74) is 2.78. The Labute approximate surface area is 182 Å². The van der Waals surface area contributed by atoms with Gasteiger partial charge < -0.3 is 10.1 Å².